The van der Waals surface area contributed by atoms with E-state index in [2.05, 4.69) is 14.9 Å². The molecule has 0 amide bonds. The minimum atomic E-state index is -0.579. The van der Waals surface area contributed by atoms with Gasteiger partial charge in [-0.15, -0.1) is 0 Å². The molecule has 1 aromatic heterocycles. The first-order chi connectivity index (χ1) is 11.2. The van der Waals surface area contributed by atoms with E-state index in [0.29, 0.717) is 5.69 Å². The van der Waals surface area contributed by atoms with Gasteiger partial charge in [0.2, 0.25) is 0 Å². The van der Waals surface area contributed by atoms with E-state index in [-0.39, 0.29) is 11.7 Å². The van der Waals surface area contributed by atoms with Crippen molar-refractivity contribution in [2.75, 3.05) is 18.0 Å². The van der Waals surface area contributed by atoms with Crippen LogP contribution in [0.15, 0.2) is 36.7 Å². The molecule has 2 aromatic rings. The summed E-state index contributed by atoms with van der Waals surface area (Å²) in [6.07, 6.45) is 4.13. The van der Waals surface area contributed by atoms with Gasteiger partial charge in [-0.1, -0.05) is 12.1 Å². The van der Waals surface area contributed by atoms with Gasteiger partial charge < -0.3 is 10.0 Å². The summed E-state index contributed by atoms with van der Waals surface area (Å²) in [4.78, 5) is 10.4. The zero-order chi connectivity index (χ0) is 16.2. The van der Waals surface area contributed by atoms with Crippen LogP contribution in [0.3, 0.4) is 0 Å². The van der Waals surface area contributed by atoms with Crippen LogP contribution in [0.25, 0.3) is 0 Å². The lowest BCUT2D eigenvalue weighted by atomic mass is 9.87. The Kier molecular flexibility index (Phi) is 4.49. The number of benzene rings is 1. The van der Waals surface area contributed by atoms with Crippen molar-refractivity contribution >= 4 is 5.82 Å². The van der Waals surface area contributed by atoms with Crippen molar-refractivity contribution in [1.29, 1.82) is 5.26 Å². The normalized spacial score (nSPS) is 16.8. The van der Waals surface area contributed by atoms with Crippen molar-refractivity contribution in [3.8, 4) is 6.07 Å². The number of aliphatic hydroxyl groups is 1. The molecule has 1 fully saturated rings. The summed E-state index contributed by atoms with van der Waals surface area (Å²) in [5.41, 5.74) is 1.05. The Labute approximate surface area is 134 Å². The van der Waals surface area contributed by atoms with Gasteiger partial charge >= 0.3 is 0 Å². The number of nitriles is 1. The number of halogens is 1. The van der Waals surface area contributed by atoms with E-state index in [1.165, 1.54) is 18.3 Å². The summed E-state index contributed by atoms with van der Waals surface area (Å²) in [5.74, 6) is 0.594. The third-order valence-corrected chi connectivity index (χ3v) is 4.27. The van der Waals surface area contributed by atoms with Gasteiger partial charge in [-0.2, -0.15) is 5.26 Å². The van der Waals surface area contributed by atoms with Crippen LogP contribution in [0.1, 0.15) is 30.2 Å². The lowest BCUT2D eigenvalue weighted by molar-refractivity contribution is 0.0928. The van der Waals surface area contributed by atoms with E-state index in [9.17, 15) is 9.50 Å². The van der Waals surface area contributed by atoms with Crippen LogP contribution in [-0.4, -0.2) is 28.2 Å². The number of hydrogen-bond acceptors (Lipinski definition) is 5. The second-order valence-corrected chi connectivity index (χ2v) is 5.69. The molecule has 0 bridgehead atoms. The summed E-state index contributed by atoms with van der Waals surface area (Å²) >= 11 is 0. The van der Waals surface area contributed by atoms with Gasteiger partial charge in [-0.3, -0.25) is 0 Å². The number of hydrogen-bond donors (Lipinski definition) is 1. The maximum atomic E-state index is 13.0. The summed E-state index contributed by atoms with van der Waals surface area (Å²) < 4.78 is 13.0. The molecule has 6 heteroatoms. The molecule has 1 unspecified atom stereocenters. The maximum absolute atomic E-state index is 13.0. The first-order valence-corrected chi connectivity index (χ1v) is 7.58. The average Bonchev–Trinajstić information content (AvgIpc) is 2.62. The van der Waals surface area contributed by atoms with Crippen LogP contribution in [0.2, 0.25) is 0 Å². The highest BCUT2D eigenvalue weighted by atomic mass is 19.1. The van der Waals surface area contributed by atoms with Crippen molar-refractivity contribution in [3.05, 3.63) is 53.7 Å². The molecule has 3 rings (SSSR count). The Hall–Kier alpha value is -2.52. The molecule has 0 aliphatic carbocycles. The van der Waals surface area contributed by atoms with Crippen LogP contribution in [0, 0.1) is 23.1 Å². The number of piperidine rings is 1. The van der Waals surface area contributed by atoms with Crippen LogP contribution in [0.4, 0.5) is 10.2 Å². The van der Waals surface area contributed by atoms with E-state index in [0.717, 1.165) is 37.3 Å². The SMILES string of the molecule is N#Cc1cnc(N2CCC(C(O)c3ccc(F)cc3)CC2)cn1. The maximum Gasteiger partial charge on any atom is 0.158 e. The summed E-state index contributed by atoms with van der Waals surface area (Å²) in [7, 11) is 0. The van der Waals surface area contributed by atoms with E-state index in [4.69, 9.17) is 5.26 Å². The Morgan fingerprint density at radius 3 is 2.43 bits per heavy atom. The smallest absolute Gasteiger partial charge is 0.158 e. The fourth-order valence-corrected chi connectivity index (χ4v) is 2.92. The second-order valence-electron chi connectivity index (χ2n) is 5.69. The Bertz CT molecular complexity index is 688. The Morgan fingerprint density at radius 2 is 1.87 bits per heavy atom. The molecular weight excluding hydrogens is 295 g/mol. The second kappa shape index (κ2) is 6.71. The lowest BCUT2D eigenvalue weighted by Gasteiger charge is -2.34. The van der Waals surface area contributed by atoms with E-state index < -0.39 is 6.10 Å². The topological polar surface area (TPSA) is 73.0 Å². The van der Waals surface area contributed by atoms with Gasteiger partial charge in [0.05, 0.1) is 18.5 Å². The predicted molar refractivity (Wildman–Crippen MR) is 83.0 cm³/mol. The number of anilines is 1. The van der Waals surface area contributed by atoms with E-state index >= 15 is 0 Å². The molecule has 1 aliphatic heterocycles. The molecule has 1 atom stereocenters. The number of nitrogens with zero attached hydrogens (tertiary/aromatic N) is 4. The summed E-state index contributed by atoms with van der Waals surface area (Å²) in [6.45, 7) is 1.53. The Balaban J connectivity index is 1.61. The van der Waals surface area contributed by atoms with Crippen molar-refractivity contribution < 1.29 is 9.50 Å². The number of rotatable bonds is 3. The highest BCUT2D eigenvalue weighted by molar-refractivity contribution is 5.37. The van der Waals surface area contributed by atoms with Crippen molar-refractivity contribution in [2.45, 2.75) is 18.9 Å². The standard InChI is InChI=1S/C17H17FN4O/c18-14-3-1-12(2-4-14)17(23)13-5-7-22(8-6-13)16-11-20-15(9-19)10-21-16/h1-4,10-11,13,17,23H,5-8H2. The van der Waals surface area contributed by atoms with Crippen molar-refractivity contribution in [2.24, 2.45) is 5.92 Å². The molecule has 1 saturated heterocycles. The molecular formula is C17H17FN4O. The molecule has 0 spiro atoms. The molecule has 1 aliphatic rings. The molecule has 2 heterocycles. The molecule has 1 aromatic carbocycles. The minimum absolute atomic E-state index is 0.142. The van der Waals surface area contributed by atoms with Gasteiger partial charge in [0, 0.05) is 13.1 Å². The van der Waals surface area contributed by atoms with Crippen LogP contribution in [-0.2, 0) is 0 Å². The zero-order valence-electron chi connectivity index (χ0n) is 12.6. The fourth-order valence-electron chi connectivity index (χ4n) is 2.92. The molecule has 0 saturated carbocycles. The van der Waals surface area contributed by atoms with Gasteiger partial charge in [0.25, 0.3) is 0 Å². The van der Waals surface area contributed by atoms with Crippen LogP contribution < -0.4 is 4.90 Å². The number of aromatic nitrogens is 2. The van der Waals surface area contributed by atoms with Crippen LogP contribution >= 0.6 is 0 Å². The lowest BCUT2D eigenvalue weighted by Crippen LogP contribution is -2.36. The summed E-state index contributed by atoms with van der Waals surface area (Å²) in [6, 6.07) is 7.97. The van der Waals surface area contributed by atoms with Gasteiger partial charge in [-0.25, -0.2) is 14.4 Å². The summed E-state index contributed by atoms with van der Waals surface area (Å²) in [5, 5.41) is 19.2. The third-order valence-electron chi connectivity index (χ3n) is 4.27. The number of aliphatic hydroxyl groups excluding tert-OH is 1. The minimum Gasteiger partial charge on any atom is -0.388 e. The first-order valence-electron chi connectivity index (χ1n) is 7.58. The highest BCUT2D eigenvalue weighted by Gasteiger charge is 2.26. The third kappa shape index (κ3) is 3.46. The first kappa shape index (κ1) is 15.4. The molecule has 0 radical (unpaired) electrons. The predicted octanol–water partition coefficient (Wildman–Crippen LogP) is 2.44. The Morgan fingerprint density at radius 1 is 1.17 bits per heavy atom. The average molecular weight is 312 g/mol. The largest absolute Gasteiger partial charge is 0.388 e. The fraction of sp³-hybridized carbons (Fsp3) is 0.353. The van der Waals surface area contributed by atoms with Crippen molar-refractivity contribution in [3.63, 3.8) is 0 Å². The molecule has 118 valence electrons. The van der Waals surface area contributed by atoms with Gasteiger partial charge in [0.1, 0.15) is 17.7 Å². The monoisotopic (exact) mass is 312 g/mol. The van der Waals surface area contributed by atoms with E-state index in [1.54, 1.807) is 18.3 Å². The van der Waals surface area contributed by atoms with Crippen molar-refractivity contribution in [1.82, 2.24) is 9.97 Å². The molecule has 1 N–H and O–H groups in total. The van der Waals surface area contributed by atoms with Gasteiger partial charge in [-0.05, 0) is 36.5 Å². The highest BCUT2D eigenvalue weighted by Crippen LogP contribution is 2.31. The van der Waals surface area contributed by atoms with Crippen LogP contribution in [0.5, 0.6) is 0 Å². The molecule has 5 nitrogen and oxygen atoms in total. The molecule has 23 heavy (non-hydrogen) atoms. The van der Waals surface area contributed by atoms with Gasteiger partial charge in [0.15, 0.2) is 5.69 Å². The van der Waals surface area contributed by atoms with E-state index in [1.807, 2.05) is 6.07 Å². The quantitative estimate of drug-likeness (QED) is 0.942. The zero-order valence-corrected chi connectivity index (χ0v) is 12.6.